The molecule has 0 radical (unpaired) electrons. The van der Waals surface area contributed by atoms with E-state index in [1.165, 1.54) is 25.7 Å². The van der Waals surface area contributed by atoms with E-state index in [-0.39, 0.29) is 11.8 Å². The number of hydrogen-bond donors (Lipinski definition) is 1. The molecule has 2 aromatic rings. The average Bonchev–Trinajstić information content (AvgIpc) is 3.31. The first-order valence-corrected chi connectivity index (χ1v) is 11.1. The maximum Gasteiger partial charge on any atom is 0.255 e. The lowest BCUT2D eigenvalue weighted by Crippen LogP contribution is -2.27. The number of rotatable bonds is 10. The van der Waals surface area contributed by atoms with Gasteiger partial charge in [-0.1, -0.05) is 38.7 Å². The average molecular weight is 409 g/mol. The molecule has 30 heavy (non-hydrogen) atoms. The summed E-state index contributed by atoms with van der Waals surface area (Å²) in [5.41, 5.74) is 1.79. The zero-order valence-electron chi connectivity index (χ0n) is 17.9. The van der Waals surface area contributed by atoms with Gasteiger partial charge in [-0.25, -0.2) is 0 Å². The Hall–Kier alpha value is -2.82. The van der Waals surface area contributed by atoms with Gasteiger partial charge < -0.3 is 15.0 Å². The fourth-order valence-electron chi connectivity index (χ4n) is 3.63. The van der Waals surface area contributed by atoms with Crippen LogP contribution >= 0.6 is 0 Å². The van der Waals surface area contributed by atoms with Crippen molar-refractivity contribution in [3.05, 3.63) is 59.7 Å². The van der Waals surface area contributed by atoms with Crippen molar-refractivity contribution in [2.75, 3.05) is 25.0 Å². The van der Waals surface area contributed by atoms with E-state index in [9.17, 15) is 9.59 Å². The van der Waals surface area contributed by atoms with Gasteiger partial charge in [0, 0.05) is 29.9 Å². The molecule has 1 aliphatic heterocycles. The standard InChI is InChI=1S/C25H32N2O3/c1-2-3-4-5-8-18-30-23-14-12-20(13-15-23)24(28)26-22-11-9-10-21(19-22)25(29)27-16-6-7-17-27/h9-15,19H,2-8,16-18H2,1H3,(H,26,28). The van der Waals surface area contributed by atoms with E-state index in [2.05, 4.69) is 12.2 Å². The van der Waals surface area contributed by atoms with Gasteiger partial charge in [-0.3, -0.25) is 9.59 Å². The molecule has 1 fully saturated rings. The zero-order chi connectivity index (χ0) is 21.2. The highest BCUT2D eigenvalue weighted by molar-refractivity contribution is 6.05. The van der Waals surface area contributed by atoms with Crippen molar-refractivity contribution in [1.82, 2.24) is 4.90 Å². The summed E-state index contributed by atoms with van der Waals surface area (Å²) in [4.78, 5) is 27.0. The van der Waals surface area contributed by atoms with Gasteiger partial charge in [0.15, 0.2) is 0 Å². The van der Waals surface area contributed by atoms with Gasteiger partial charge in [0.05, 0.1) is 6.61 Å². The first-order valence-electron chi connectivity index (χ1n) is 11.1. The normalized spacial score (nSPS) is 13.3. The second kappa shape index (κ2) is 11.4. The number of carbonyl (C=O) groups excluding carboxylic acids is 2. The van der Waals surface area contributed by atoms with Crippen LogP contribution in [0.5, 0.6) is 5.75 Å². The molecule has 5 heteroatoms. The van der Waals surface area contributed by atoms with Gasteiger partial charge in [0.2, 0.25) is 0 Å². The fourth-order valence-corrected chi connectivity index (χ4v) is 3.63. The Morgan fingerprint density at radius 1 is 0.933 bits per heavy atom. The highest BCUT2D eigenvalue weighted by Gasteiger charge is 2.19. The first kappa shape index (κ1) is 21.9. The Kier molecular flexibility index (Phi) is 8.30. The maximum absolute atomic E-state index is 12.6. The van der Waals surface area contributed by atoms with Gasteiger partial charge in [0.1, 0.15) is 5.75 Å². The van der Waals surface area contributed by atoms with E-state index >= 15 is 0 Å². The van der Waals surface area contributed by atoms with Crippen LogP contribution in [0.25, 0.3) is 0 Å². The quantitative estimate of drug-likeness (QED) is 0.526. The number of likely N-dealkylation sites (tertiary alicyclic amines) is 1. The van der Waals surface area contributed by atoms with Crippen LogP contribution in [0.2, 0.25) is 0 Å². The number of anilines is 1. The van der Waals surface area contributed by atoms with Crippen molar-refractivity contribution >= 4 is 17.5 Å². The van der Waals surface area contributed by atoms with E-state index in [0.29, 0.717) is 23.4 Å². The van der Waals surface area contributed by atoms with E-state index < -0.39 is 0 Å². The van der Waals surface area contributed by atoms with Crippen LogP contribution in [-0.4, -0.2) is 36.4 Å². The van der Waals surface area contributed by atoms with E-state index in [1.807, 2.05) is 17.0 Å². The lowest BCUT2D eigenvalue weighted by Gasteiger charge is -2.15. The van der Waals surface area contributed by atoms with Gasteiger partial charge in [-0.2, -0.15) is 0 Å². The van der Waals surface area contributed by atoms with Crippen LogP contribution < -0.4 is 10.1 Å². The van der Waals surface area contributed by atoms with Gasteiger partial charge >= 0.3 is 0 Å². The molecule has 0 atom stereocenters. The van der Waals surface area contributed by atoms with E-state index in [1.54, 1.807) is 36.4 Å². The molecule has 1 N–H and O–H groups in total. The Labute approximate surface area is 179 Å². The number of benzene rings is 2. The van der Waals surface area contributed by atoms with Crippen molar-refractivity contribution in [2.24, 2.45) is 0 Å². The Morgan fingerprint density at radius 3 is 2.40 bits per heavy atom. The maximum atomic E-state index is 12.6. The van der Waals surface area contributed by atoms with Crippen LogP contribution in [0.15, 0.2) is 48.5 Å². The third-order valence-corrected chi connectivity index (χ3v) is 5.39. The van der Waals surface area contributed by atoms with Gasteiger partial charge in [-0.15, -0.1) is 0 Å². The van der Waals surface area contributed by atoms with Crippen LogP contribution in [-0.2, 0) is 0 Å². The summed E-state index contributed by atoms with van der Waals surface area (Å²) in [5, 5.41) is 2.88. The van der Waals surface area contributed by atoms with Crippen LogP contribution in [0.1, 0.15) is 72.6 Å². The van der Waals surface area contributed by atoms with Crippen LogP contribution in [0.4, 0.5) is 5.69 Å². The molecular weight excluding hydrogens is 376 g/mol. The van der Waals surface area contributed by atoms with E-state index in [0.717, 1.165) is 38.1 Å². The second-order valence-electron chi connectivity index (χ2n) is 7.82. The smallest absolute Gasteiger partial charge is 0.255 e. The molecule has 0 saturated carbocycles. The monoisotopic (exact) mass is 408 g/mol. The SMILES string of the molecule is CCCCCCCOc1ccc(C(=O)Nc2cccc(C(=O)N3CCCC3)c2)cc1. The summed E-state index contributed by atoms with van der Waals surface area (Å²) < 4.78 is 5.76. The molecule has 2 aromatic carbocycles. The fraction of sp³-hybridized carbons (Fsp3) is 0.440. The second-order valence-corrected chi connectivity index (χ2v) is 7.82. The first-order chi connectivity index (χ1) is 14.7. The minimum Gasteiger partial charge on any atom is -0.494 e. The molecule has 0 unspecified atom stereocenters. The Bertz CT molecular complexity index is 827. The van der Waals surface area contributed by atoms with E-state index in [4.69, 9.17) is 4.74 Å². The number of carbonyl (C=O) groups is 2. The summed E-state index contributed by atoms with van der Waals surface area (Å²) in [5.74, 6) is 0.604. The molecule has 1 heterocycles. The minimum absolute atomic E-state index is 0.0276. The summed E-state index contributed by atoms with van der Waals surface area (Å²) >= 11 is 0. The van der Waals surface area contributed by atoms with Crippen molar-refractivity contribution in [3.8, 4) is 5.75 Å². The van der Waals surface area contributed by atoms with Crippen LogP contribution in [0.3, 0.4) is 0 Å². The molecule has 0 aliphatic carbocycles. The molecule has 1 saturated heterocycles. The molecule has 3 rings (SSSR count). The number of ether oxygens (including phenoxy) is 1. The van der Waals surface area contributed by atoms with Crippen LogP contribution in [0, 0.1) is 0 Å². The molecule has 160 valence electrons. The molecule has 0 aromatic heterocycles. The largest absolute Gasteiger partial charge is 0.494 e. The van der Waals surface area contributed by atoms with Crippen molar-refractivity contribution in [1.29, 1.82) is 0 Å². The minimum atomic E-state index is -0.202. The lowest BCUT2D eigenvalue weighted by atomic mass is 10.1. The van der Waals surface area contributed by atoms with Gasteiger partial charge in [-0.05, 0) is 61.7 Å². The number of hydrogen-bond acceptors (Lipinski definition) is 3. The van der Waals surface area contributed by atoms with Crippen molar-refractivity contribution < 1.29 is 14.3 Å². The summed E-state index contributed by atoms with van der Waals surface area (Å²) in [7, 11) is 0. The molecule has 2 amide bonds. The molecule has 0 spiro atoms. The predicted octanol–water partition coefficient (Wildman–Crippen LogP) is 5.52. The topological polar surface area (TPSA) is 58.6 Å². The molecule has 5 nitrogen and oxygen atoms in total. The zero-order valence-corrected chi connectivity index (χ0v) is 17.9. The Balaban J connectivity index is 1.51. The molecule has 0 bridgehead atoms. The van der Waals surface area contributed by atoms with Crippen molar-refractivity contribution in [2.45, 2.75) is 51.9 Å². The predicted molar refractivity (Wildman–Crippen MR) is 120 cm³/mol. The summed E-state index contributed by atoms with van der Waals surface area (Å²) in [6.07, 6.45) is 8.12. The molecule has 1 aliphatic rings. The van der Waals surface area contributed by atoms with Gasteiger partial charge in [0.25, 0.3) is 11.8 Å². The van der Waals surface area contributed by atoms with Crippen molar-refractivity contribution in [3.63, 3.8) is 0 Å². The number of amides is 2. The third kappa shape index (κ3) is 6.34. The highest BCUT2D eigenvalue weighted by Crippen LogP contribution is 2.18. The number of nitrogens with one attached hydrogen (secondary N) is 1. The number of nitrogens with zero attached hydrogens (tertiary/aromatic N) is 1. The third-order valence-electron chi connectivity index (χ3n) is 5.39. The summed E-state index contributed by atoms with van der Waals surface area (Å²) in [6.45, 7) is 4.53. The Morgan fingerprint density at radius 2 is 1.67 bits per heavy atom. The lowest BCUT2D eigenvalue weighted by molar-refractivity contribution is 0.0792. The highest BCUT2D eigenvalue weighted by atomic mass is 16.5. The molecular formula is C25H32N2O3. The summed E-state index contributed by atoms with van der Waals surface area (Å²) in [6, 6.07) is 14.3. The number of unbranched alkanes of at least 4 members (excludes halogenated alkanes) is 4.